The molecule has 0 amide bonds. The van der Waals surface area contributed by atoms with Gasteiger partial charge in [-0.05, 0) is 0 Å². The molecule has 4 aromatic rings. The van der Waals surface area contributed by atoms with E-state index in [4.69, 9.17) is 17.2 Å². The van der Waals surface area contributed by atoms with Crippen molar-refractivity contribution in [3.05, 3.63) is 28.7 Å². The fourth-order valence-electron chi connectivity index (χ4n) is 2.30. The third-order valence-electron chi connectivity index (χ3n) is 3.37. The molecule has 0 saturated carbocycles. The summed E-state index contributed by atoms with van der Waals surface area (Å²) in [5.74, 6) is 0.400. The van der Waals surface area contributed by atoms with Crippen LogP contribution in [0.25, 0.3) is 29.4 Å². The number of nitrogens with two attached hydrogens (primary N) is 3. The summed E-state index contributed by atoms with van der Waals surface area (Å²) in [6.07, 6.45) is 0. The molecule has 0 saturated heterocycles. The van der Waals surface area contributed by atoms with Crippen LogP contribution in [0.4, 0.5) is 17.2 Å². The van der Waals surface area contributed by atoms with Gasteiger partial charge in [0.2, 0.25) is 0 Å². The molecule has 0 atom stereocenters. The summed E-state index contributed by atoms with van der Waals surface area (Å²) in [6, 6.07) is 8.05. The van der Waals surface area contributed by atoms with Gasteiger partial charge in [0, 0.05) is 0 Å². The number of para-hydroxylation sites is 1. The second-order valence-corrected chi connectivity index (χ2v) is 8.66. The summed E-state index contributed by atoms with van der Waals surface area (Å²) in [5, 5.41) is 1.74. The number of nitrogens with zero attached hydrogens (tertiary/aromatic N) is 2. The molecule has 0 aliphatic heterocycles. The van der Waals surface area contributed by atoms with Gasteiger partial charge in [-0.25, -0.2) is 0 Å². The molecule has 6 N–H and O–H groups in total. The molecule has 0 aliphatic rings. The maximum atomic E-state index is 6.34. The van der Waals surface area contributed by atoms with Crippen molar-refractivity contribution in [1.82, 2.24) is 9.97 Å². The van der Waals surface area contributed by atoms with Crippen LogP contribution >= 0.6 is 27.3 Å². The minimum atomic E-state index is -0.0454. The van der Waals surface area contributed by atoms with Crippen LogP contribution in [0.1, 0.15) is 0 Å². The van der Waals surface area contributed by atoms with Gasteiger partial charge in [0.25, 0.3) is 0 Å². The predicted octanol–water partition coefficient (Wildman–Crippen LogP) is 3.08. The summed E-state index contributed by atoms with van der Waals surface area (Å²) in [4.78, 5) is 9.12. The number of thiazole rings is 1. The van der Waals surface area contributed by atoms with Gasteiger partial charge in [-0.2, -0.15) is 0 Å². The van der Waals surface area contributed by atoms with Gasteiger partial charge in [0.1, 0.15) is 0 Å². The number of hydrogen-bond acceptors (Lipinski definition) is 6. The molecule has 3 heterocycles. The van der Waals surface area contributed by atoms with Gasteiger partial charge in [0.15, 0.2) is 0 Å². The van der Waals surface area contributed by atoms with E-state index in [0.29, 0.717) is 21.7 Å². The molecule has 0 spiro atoms. The number of hydrogen-bond donors (Lipinski definition) is 3. The summed E-state index contributed by atoms with van der Waals surface area (Å²) >= 11 is 4.96. The third-order valence-corrected chi connectivity index (χ3v) is 7.87. The number of pyridine rings is 1. The Morgan fingerprint density at radius 3 is 2.59 bits per heavy atom. The number of anilines is 3. The fourth-order valence-corrected chi connectivity index (χ4v) is 6.10. The standard InChI is InChI=1S/C14H10BrN5SSe/c15-8-9(16)7-10(17)11(22-14(7)20-12(8)18)13-19-5-3-1-2-4-6(5)21-13/h1-4H,17H2,(H4,16,18,20). The first-order chi connectivity index (χ1) is 10.6. The molecule has 110 valence electrons. The molecule has 22 heavy (non-hydrogen) atoms. The van der Waals surface area contributed by atoms with Gasteiger partial charge >= 0.3 is 144 Å². The second-order valence-electron chi connectivity index (χ2n) is 4.74. The first-order valence-electron chi connectivity index (χ1n) is 6.34. The van der Waals surface area contributed by atoms with Crippen molar-refractivity contribution in [3.8, 4) is 9.44 Å². The average molecular weight is 439 g/mol. The molecule has 0 fully saturated rings. The maximum absolute atomic E-state index is 6.34. The molecule has 4 rings (SSSR count). The van der Waals surface area contributed by atoms with Crippen molar-refractivity contribution >= 4 is 79.0 Å². The van der Waals surface area contributed by atoms with Gasteiger partial charge in [0.05, 0.1) is 0 Å². The zero-order valence-corrected chi connectivity index (χ0v) is 15.2. The van der Waals surface area contributed by atoms with E-state index < -0.39 is 0 Å². The van der Waals surface area contributed by atoms with Crippen molar-refractivity contribution in [2.75, 3.05) is 17.2 Å². The van der Waals surface area contributed by atoms with Crippen LogP contribution in [0.15, 0.2) is 28.7 Å². The zero-order valence-electron chi connectivity index (χ0n) is 11.1. The van der Waals surface area contributed by atoms with Crippen LogP contribution in [-0.4, -0.2) is 24.5 Å². The summed E-state index contributed by atoms with van der Waals surface area (Å²) < 4.78 is 3.65. The van der Waals surface area contributed by atoms with E-state index in [1.807, 2.05) is 18.2 Å². The topological polar surface area (TPSA) is 104 Å². The molecule has 1 aromatic carbocycles. The van der Waals surface area contributed by atoms with Crippen LogP contribution in [-0.2, 0) is 0 Å². The van der Waals surface area contributed by atoms with Crippen molar-refractivity contribution in [2.45, 2.75) is 0 Å². The normalized spacial score (nSPS) is 11.5. The van der Waals surface area contributed by atoms with Crippen LogP contribution in [0, 0.1) is 0 Å². The second kappa shape index (κ2) is 4.96. The number of benzene rings is 1. The van der Waals surface area contributed by atoms with E-state index in [1.165, 1.54) is 0 Å². The number of rotatable bonds is 1. The molecular formula is C14H10BrN5SSe. The van der Waals surface area contributed by atoms with E-state index in [2.05, 4.69) is 32.0 Å². The van der Waals surface area contributed by atoms with Gasteiger partial charge in [-0.15, -0.1) is 0 Å². The monoisotopic (exact) mass is 439 g/mol. The van der Waals surface area contributed by atoms with E-state index in [-0.39, 0.29) is 14.5 Å². The third kappa shape index (κ3) is 1.95. The molecule has 5 nitrogen and oxygen atoms in total. The van der Waals surface area contributed by atoms with Gasteiger partial charge in [-0.1, -0.05) is 0 Å². The van der Waals surface area contributed by atoms with Crippen molar-refractivity contribution in [1.29, 1.82) is 0 Å². The van der Waals surface area contributed by atoms with Crippen LogP contribution in [0.3, 0.4) is 0 Å². The Morgan fingerprint density at radius 1 is 1.05 bits per heavy atom. The summed E-state index contributed by atoms with van der Waals surface area (Å²) in [6.45, 7) is 0. The van der Waals surface area contributed by atoms with E-state index in [9.17, 15) is 0 Å². The Kier molecular flexibility index (Phi) is 3.16. The van der Waals surface area contributed by atoms with Crippen molar-refractivity contribution in [3.63, 3.8) is 0 Å². The molecule has 0 aliphatic carbocycles. The van der Waals surface area contributed by atoms with Crippen LogP contribution in [0.5, 0.6) is 0 Å². The van der Waals surface area contributed by atoms with E-state index in [1.54, 1.807) is 11.3 Å². The molecular weight excluding hydrogens is 429 g/mol. The van der Waals surface area contributed by atoms with Crippen LogP contribution < -0.4 is 17.2 Å². The Balaban J connectivity index is 2.03. The Labute approximate surface area is 144 Å². The molecule has 8 heteroatoms. The average Bonchev–Trinajstić information content (AvgIpc) is 3.06. The van der Waals surface area contributed by atoms with Crippen molar-refractivity contribution < 1.29 is 0 Å². The molecule has 3 aromatic heterocycles. The van der Waals surface area contributed by atoms with Gasteiger partial charge < -0.3 is 0 Å². The first-order valence-corrected chi connectivity index (χ1v) is 9.67. The summed E-state index contributed by atoms with van der Waals surface area (Å²) in [5.41, 5.74) is 20.6. The van der Waals surface area contributed by atoms with Gasteiger partial charge in [-0.3, -0.25) is 0 Å². The Morgan fingerprint density at radius 2 is 1.82 bits per heavy atom. The molecule has 0 unspecified atom stereocenters. The van der Waals surface area contributed by atoms with Crippen molar-refractivity contribution in [2.24, 2.45) is 0 Å². The Hall–Kier alpha value is -1.60. The fraction of sp³-hybridized carbons (Fsp3) is 0. The van der Waals surface area contributed by atoms with E-state index >= 15 is 0 Å². The zero-order chi connectivity index (χ0) is 15.4. The molecule has 0 bridgehead atoms. The van der Waals surface area contributed by atoms with Crippen LogP contribution in [0.2, 0.25) is 0 Å². The predicted molar refractivity (Wildman–Crippen MR) is 98.2 cm³/mol. The van der Waals surface area contributed by atoms with E-state index in [0.717, 1.165) is 29.4 Å². The quantitative estimate of drug-likeness (QED) is 0.396. The minimum absolute atomic E-state index is 0.0454. The molecule has 0 radical (unpaired) electrons. The first kappa shape index (κ1) is 14.0. The summed E-state index contributed by atoms with van der Waals surface area (Å²) in [7, 11) is 0. The number of halogens is 1. The Bertz CT molecular complexity index is 1010. The number of fused-ring (bicyclic) bond motifs is 2. The SMILES string of the molecule is Nc1nc2[se]c(-c3nc4ccccc4s3)c(N)c2c(N)c1Br. The number of aromatic nitrogens is 2. The number of nitrogen functional groups attached to an aromatic ring is 3.